The van der Waals surface area contributed by atoms with Crippen LogP contribution < -0.4 is 10.2 Å². The first kappa shape index (κ1) is 18.7. The molecular formula is C15H21Cl2N3O2. The smallest absolute Gasteiger partial charge is 0.240 e. The number of nitrogens with one attached hydrogen (secondary N) is 1. The van der Waals surface area contributed by atoms with Gasteiger partial charge in [-0.15, -0.1) is 0 Å². The molecule has 5 nitrogen and oxygen atoms in total. The van der Waals surface area contributed by atoms with Gasteiger partial charge in [0.25, 0.3) is 0 Å². The van der Waals surface area contributed by atoms with E-state index in [4.69, 9.17) is 23.2 Å². The lowest BCUT2D eigenvalue weighted by Crippen LogP contribution is -2.40. The van der Waals surface area contributed by atoms with Crippen LogP contribution in [0.25, 0.3) is 0 Å². The van der Waals surface area contributed by atoms with Crippen molar-refractivity contribution in [1.29, 1.82) is 0 Å². The monoisotopic (exact) mass is 345 g/mol. The van der Waals surface area contributed by atoms with Crippen LogP contribution in [0.3, 0.4) is 0 Å². The van der Waals surface area contributed by atoms with Crippen molar-refractivity contribution in [2.24, 2.45) is 0 Å². The quantitative estimate of drug-likeness (QED) is 0.772. The minimum absolute atomic E-state index is 0.0615. The van der Waals surface area contributed by atoms with E-state index >= 15 is 0 Å². The molecule has 0 heterocycles. The number of anilines is 1. The fraction of sp³-hybridized carbons (Fsp3) is 0.467. The molecule has 1 aromatic carbocycles. The summed E-state index contributed by atoms with van der Waals surface area (Å²) in [7, 11) is 3.95. The van der Waals surface area contributed by atoms with E-state index in [1.807, 2.05) is 19.0 Å². The zero-order valence-corrected chi connectivity index (χ0v) is 14.5. The molecule has 1 N–H and O–H groups in total. The second-order valence-electron chi connectivity index (χ2n) is 5.24. The molecule has 7 heteroatoms. The maximum Gasteiger partial charge on any atom is 0.240 e. The molecule has 0 aliphatic heterocycles. The summed E-state index contributed by atoms with van der Waals surface area (Å²) in [5.74, 6) is -0.466. The van der Waals surface area contributed by atoms with Gasteiger partial charge < -0.3 is 15.1 Å². The lowest BCUT2D eigenvalue weighted by atomic mass is 10.2. The van der Waals surface area contributed by atoms with Gasteiger partial charge in [0.15, 0.2) is 0 Å². The van der Waals surface area contributed by atoms with Gasteiger partial charge in [0.1, 0.15) is 6.54 Å². The Morgan fingerprint density at radius 1 is 1.14 bits per heavy atom. The SMILES string of the molecule is CC(=O)N(CC(=O)NCCCN(C)C)c1cc(Cl)cc(Cl)c1. The lowest BCUT2D eigenvalue weighted by molar-refractivity contribution is -0.123. The third-order valence-corrected chi connectivity index (χ3v) is 3.38. The Balaban J connectivity index is 2.64. The Labute approximate surface area is 141 Å². The van der Waals surface area contributed by atoms with Crippen LogP contribution in [0.15, 0.2) is 18.2 Å². The number of benzene rings is 1. The van der Waals surface area contributed by atoms with E-state index in [1.54, 1.807) is 18.2 Å². The molecule has 0 aliphatic rings. The van der Waals surface area contributed by atoms with E-state index in [-0.39, 0.29) is 18.4 Å². The van der Waals surface area contributed by atoms with Gasteiger partial charge in [-0.1, -0.05) is 23.2 Å². The van der Waals surface area contributed by atoms with Crippen molar-refractivity contribution in [2.75, 3.05) is 38.6 Å². The maximum atomic E-state index is 12.0. The number of carbonyl (C=O) groups excluding carboxylic acids is 2. The van der Waals surface area contributed by atoms with Crippen LogP contribution in [-0.2, 0) is 9.59 Å². The molecule has 0 saturated heterocycles. The second-order valence-corrected chi connectivity index (χ2v) is 6.11. The standard InChI is InChI=1S/C15H21Cl2N3O2/c1-11(21)20(14-8-12(16)7-13(17)9-14)10-15(22)18-5-4-6-19(2)3/h7-9H,4-6,10H2,1-3H3,(H,18,22). The van der Waals surface area contributed by atoms with Crippen LogP contribution >= 0.6 is 23.2 Å². The minimum atomic E-state index is -0.248. The fourth-order valence-corrected chi connectivity index (χ4v) is 2.42. The molecule has 0 saturated carbocycles. The Bertz CT molecular complexity index is 515. The van der Waals surface area contributed by atoms with E-state index < -0.39 is 0 Å². The summed E-state index contributed by atoms with van der Waals surface area (Å²) in [6.07, 6.45) is 0.849. The number of halogens is 2. The van der Waals surface area contributed by atoms with Crippen LogP contribution in [0.1, 0.15) is 13.3 Å². The van der Waals surface area contributed by atoms with Gasteiger partial charge in [0, 0.05) is 29.2 Å². The maximum absolute atomic E-state index is 12.0. The minimum Gasteiger partial charge on any atom is -0.355 e. The number of nitrogens with zero attached hydrogens (tertiary/aromatic N) is 2. The summed E-state index contributed by atoms with van der Waals surface area (Å²) in [4.78, 5) is 27.1. The highest BCUT2D eigenvalue weighted by molar-refractivity contribution is 6.35. The van der Waals surface area contributed by atoms with Crippen molar-refractivity contribution in [3.05, 3.63) is 28.2 Å². The van der Waals surface area contributed by atoms with Gasteiger partial charge in [0.05, 0.1) is 0 Å². The summed E-state index contributed by atoms with van der Waals surface area (Å²) < 4.78 is 0. The molecule has 1 aromatic rings. The molecular weight excluding hydrogens is 325 g/mol. The number of carbonyl (C=O) groups is 2. The zero-order valence-electron chi connectivity index (χ0n) is 13.0. The normalized spacial score (nSPS) is 10.6. The summed E-state index contributed by atoms with van der Waals surface area (Å²) in [6, 6.07) is 4.79. The van der Waals surface area contributed by atoms with Crippen LogP contribution in [0.5, 0.6) is 0 Å². The van der Waals surface area contributed by atoms with Gasteiger partial charge in [-0.05, 0) is 45.3 Å². The third-order valence-electron chi connectivity index (χ3n) is 2.95. The van der Waals surface area contributed by atoms with Crippen molar-refractivity contribution >= 4 is 40.7 Å². The Kier molecular flexibility index (Phi) is 7.65. The van der Waals surface area contributed by atoms with Gasteiger partial charge in [-0.2, -0.15) is 0 Å². The molecule has 0 aliphatic carbocycles. The number of hydrogen-bond acceptors (Lipinski definition) is 3. The molecule has 1 rings (SSSR count). The molecule has 0 radical (unpaired) electrons. The topological polar surface area (TPSA) is 52.7 Å². The molecule has 0 bridgehead atoms. The van der Waals surface area contributed by atoms with Crippen LogP contribution in [0.2, 0.25) is 10.0 Å². The molecule has 0 unspecified atom stereocenters. The van der Waals surface area contributed by atoms with Crippen LogP contribution in [0.4, 0.5) is 5.69 Å². The summed E-state index contributed by atoms with van der Waals surface area (Å²) in [5, 5.41) is 3.63. The predicted octanol–water partition coefficient (Wildman–Crippen LogP) is 2.41. The Morgan fingerprint density at radius 3 is 2.23 bits per heavy atom. The Morgan fingerprint density at radius 2 is 1.73 bits per heavy atom. The van der Waals surface area contributed by atoms with E-state index in [2.05, 4.69) is 5.32 Å². The first-order chi connectivity index (χ1) is 10.3. The van der Waals surface area contributed by atoms with Crippen molar-refractivity contribution in [3.8, 4) is 0 Å². The largest absolute Gasteiger partial charge is 0.355 e. The molecule has 2 amide bonds. The number of hydrogen-bond donors (Lipinski definition) is 1. The highest BCUT2D eigenvalue weighted by Crippen LogP contribution is 2.25. The van der Waals surface area contributed by atoms with Gasteiger partial charge in [-0.25, -0.2) is 0 Å². The first-order valence-corrected chi connectivity index (χ1v) is 7.71. The predicted molar refractivity (Wildman–Crippen MR) is 90.7 cm³/mol. The van der Waals surface area contributed by atoms with E-state index in [1.165, 1.54) is 11.8 Å². The molecule has 122 valence electrons. The second kappa shape index (κ2) is 8.98. The van der Waals surface area contributed by atoms with Gasteiger partial charge in [-0.3, -0.25) is 9.59 Å². The van der Waals surface area contributed by atoms with Crippen LogP contribution in [0, 0.1) is 0 Å². The zero-order chi connectivity index (χ0) is 16.7. The van der Waals surface area contributed by atoms with Crippen molar-refractivity contribution < 1.29 is 9.59 Å². The van der Waals surface area contributed by atoms with Gasteiger partial charge in [0.2, 0.25) is 11.8 Å². The molecule has 0 aromatic heterocycles. The van der Waals surface area contributed by atoms with Gasteiger partial charge >= 0.3 is 0 Å². The highest BCUT2D eigenvalue weighted by Gasteiger charge is 2.16. The van der Waals surface area contributed by atoms with Crippen molar-refractivity contribution in [3.63, 3.8) is 0 Å². The van der Waals surface area contributed by atoms with Crippen molar-refractivity contribution in [1.82, 2.24) is 10.2 Å². The van der Waals surface area contributed by atoms with E-state index in [0.717, 1.165) is 13.0 Å². The Hall–Kier alpha value is -1.30. The third kappa shape index (κ3) is 6.64. The van der Waals surface area contributed by atoms with Crippen LogP contribution in [-0.4, -0.2) is 50.4 Å². The summed E-state index contributed by atoms with van der Waals surface area (Å²) in [5.41, 5.74) is 0.508. The lowest BCUT2D eigenvalue weighted by Gasteiger charge is -2.21. The molecule has 0 spiro atoms. The first-order valence-electron chi connectivity index (χ1n) is 6.95. The van der Waals surface area contributed by atoms with E-state index in [9.17, 15) is 9.59 Å². The summed E-state index contributed by atoms with van der Waals surface area (Å²) in [6.45, 7) is 2.79. The average Bonchev–Trinajstić information content (AvgIpc) is 2.39. The number of rotatable bonds is 7. The fourth-order valence-electron chi connectivity index (χ4n) is 1.90. The van der Waals surface area contributed by atoms with Crippen molar-refractivity contribution in [2.45, 2.75) is 13.3 Å². The number of amides is 2. The average molecular weight is 346 g/mol. The molecule has 0 atom stereocenters. The summed E-state index contributed by atoms with van der Waals surface area (Å²) >= 11 is 11.9. The highest BCUT2D eigenvalue weighted by atomic mass is 35.5. The molecule has 0 fully saturated rings. The molecule has 22 heavy (non-hydrogen) atoms. The van der Waals surface area contributed by atoms with E-state index in [0.29, 0.717) is 22.3 Å².